The minimum Gasteiger partial charge on any atom is -0.364 e. The predicted molar refractivity (Wildman–Crippen MR) is 109 cm³/mol. The largest absolute Gasteiger partial charge is 0.364 e. The lowest BCUT2D eigenvalue weighted by molar-refractivity contribution is 0.402. The van der Waals surface area contributed by atoms with Crippen LogP contribution in [-0.4, -0.2) is 34.1 Å². The second-order valence-electron chi connectivity index (χ2n) is 7.94. The summed E-state index contributed by atoms with van der Waals surface area (Å²) in [6.45, 7) is 1.93. The summed E-state index contributed by atoms with van der Waals surface area (Å²) in [6.07, 6.45) is 9.17. The fourth-order valence-electron chi connectivity index (χ4n) is 3.94. The zero-order valence-corrected chi connectivity index (χ0v) is 15.8. The lowest BCUT2D eigenvalue weighted by Gasteiger charge is -2.33. The van der Waals surface area contributed by atoms with Crippen LogP contribution in [0.25, 0.3) is 11.0 Å². The Morgan fingerprint density at radius 3 is 2.50 bits per heavy atom. The number of anilines is 2. The van der Waals surface area contributed by atoms with Gasteiger partial charge in [-0.3, -0.25) is 4.98 Å². The van der Waals surface area contributed by atoms with Gasteiger partial charge in [0.2, 0.25) is 0 Å². The van der Waals surface area contributed by atoms with Crippen molar-refractivity contribution in [2.24, 2.45) is 5.92 Å². The molecule has 144 valence electrons. The first-order chi connectivity index (χ1) is 13.7. The van der Waals surface area contributed by atoms with Crippen LogP contribution in [0.5, 0.6) is 0 Å². The standard InChI is InChI=1S/C22H24FN5/c23-17-3-1-15(2-4-17)13-16-8-11-28(12-9-16)22-21(25-18-5-6-18)26-19-7-10-24-14-20(19)27-22/h1-4,7,10,14,16,18H,5-6,8-9,11-13H2,(H,25,26). The van der Waals surface area contributed by atoms with Crippen molar-refractivity contribution in [3.63, 3.8) is 0 Å². The van der Waals surface area contributed by atoms with Gasteiger partial charge in [-0.05, 0) is 61.8 Å². The van der Waals surface area contributed by atoms with Crippen molar-refractivity contribution in [3.05, 3.63) is 54.1 Å². The maximum absolute atomic E-state index is 13.1. The van der Waals surface area contributed by atoms with E-state index in [1.165, 1.54) is 18.4 Å². The van der Waals surface area contributed by atoms with Gasteiger partial charge < -0.3 is 10.2 Å². The third-order valence-corrected chi connectivity index (χ3v) is 5.72. The molecular weight excluding hydrogens is 353 g/mol. The van der Waals surface area contributed by atoms with Gasteiger partial charge >= 0.3 is 0 Å². The molecule has 0 radical (unpaired) electrons. The van der Waals surface area contributed by atoms with Crippen LogP contribution < -0.4 is 10.2 Å². The third-order valence-electron chi connectivity index (χ3n) is 5.72. The second-order valence-corrected chi connectivity index (χ2v) is 7.94. The molecule has 5 nitrogen and oxygen atoms in total. The molecule has 0 unspecified atom stereocenters. The molecule has 5 rings (SSSR count). The third kappa shape index (κ3) is 3.77. The van der Waals surface area contributed by atoms with E-state index in [4.69, 9.17) is 9.97 Å². The lowest BCUT2D eigenvalue weighted by Crippen LogP contribution is -2.35. The summed E-state index contributed by atoms with van der Waals surface area (Å²) in [5.74, 6) is 2.31. The Morgan fingerprint density at radius 1 is 0.964 bits per heavy atom. The number of benzene rings is 1. The number of nitrogens with one attached hydrogen (secondary N) is 1. The number of hydrogen-bond acceptors (Lipinski definition) is 5. The minimum atomic E-state index is -0.168. The summed E-state index contributed by atoms with van der Waals surface area (Å²) in [7, 11) is 0. The van der Waals surface area contributed by atoms with Crippen molar-refractivity contribution in [3.8, 4) is 0 Å². The fourth-order valence-corrected chi connectivity index (χ4v) is 3.94. The van der Waals surface area contributed by atoms with Crippen LogP contribution in [0, 0.1) is 11.7 Å². The number of rotatable bonds is 5. The van der Waals surface area contributed by atoms with E-state index in [2.05, 4.69) is 15.2 Å². The van der Waals surface area contributed by atoms with Gasteiger partial charge in [0.05, 0.1) is 11.7 Å². The average molecular weight is 377 g/mol. The Balaban J connectivity index is 1.32. The summed E-state index contributed by atoms with van der Waals surface area (Å²) < 4.78 is 13.1. The summed E-state index contributed by atoms with van der Waals surface area (Å²) in [5, 5.41) is 3.56. The van der Waals surface area contributed by atoms with Crippen molar-refractivity contribution in [2.45, 2.75) is 38.1 Å². The highest BCUT2D eigenvalue weighted by molar-refractivity contribution is 5.80. The minimum absolute atomic E-state index is 0.168. The van der Waals surface area contributed by atoms with E-state index in [9.17, 15) is 4.39 Å². The molecule has 1 saturated heterocycles. The molecule has 2 aromatic heterocycles. The normalized spacial score (nSPS) is 17.8. The smallest absolute Gasteiger partial charge is 0.172 e. The van der Waals surface area contributed by atoms with Crippen LogP contribution in [0.2, 0.25) is 0 Å². The van der Waals surface area contributed by atoms with Crippen molar-refractivity contribution in [2.75, 3.05) is 23.3 Å². The number of aromatic nitrogens is 3. The Hall–Kier alpha value is -2.76. The molecule has 28 heavy (non-hydrogen) atoms. The van der Waals surface area contributed by atoms with E-state index in [0.29, 0.717) is 12.0 Å². The first kappa shape index (κ1) is 17.3. The van der Waals surface area contributed by atoms with Crippen LogP contribution in [0.3, 0.4) is 0 Å². The molecule has 0 amide bonds. The van der Waals surface area contributed by atoms with Crippen molar-refractivity contribution in [1.29, 1.82) is 0 Å². The highest BCUT2D eigenvalue weighted by atomic mass is 19.1. The van der Waals surface area contributed by atoms with Gasteiger partial charge in [0.15, 0.2) is 11.6 Å². The van der Waals surface area contributed by atoms with Crippen LogP contribution in [0.15, 0.2) is 42.7 Å². The maximum Gasteiger partial charge on any atom is 0.172 e. The molecule has 1 N–H and O–H groups in total. The van der Waals surface area contributed by atoms with Gasteiger partial charge in [0, 0.05) is 25.3 Å². The Labute approximate surface area is 164 Å². The Morgan fingerprint density at radius 2 is 1.75 bits per heavy atom. The van der Waals surface area contributed by atoms with Crippen molar-refractivity contribution >= 4 is 22.7 Å². The first-order valence-electron chi connectivity index (χ1n) is 10.1. The van der Waals surface area contributed by atoms with Gasteiger partial charge in [0.25, 0.3) is 0 Å². The van der Waals surface area contributed by atoms with E-state index >= 15 is 0 Å². The van der Waals surface area contributed by atoms with Crippen molar-refractivity contribution in [1.82, 2.24) is 15.0 Å². The number of nitrogens with zero attached hydrogens (tertiary/aromatic N) is 4. The van der Waals surface area contributed by atoms with Gasteiger partial charge in [-0.2, -0.15) is 0 Å². The summed E-state index contributed by atoms with van der Waals surface area (Å²) in [5.41, 5.74) is 2.94. The molecule has 2 aliphatic rings. The van der Waals surface area contributed by atoms with Crippen LogP contribution in [-0.2, 0) is 6.42 Å². The predicted octanol–water partition coefficient (Wildman–Crippen LogP) is 4.20. The molecule has 0 spiro atoms. The van der Waals surface area contributed by atoms with Crippen LogP contribution >= 0.6 is 0 Å². The molecule has 1 aliphatic heterocycles. The van der Waals surface area contributed by atoms with E-state index in [1.807, 2.05) is 18.2 Å². The van der Waals surface area contributed by atoms with Gasteiger partial charge in [-0.25, -0.2) is 14.4 Å². The topological polar surface area (TPSA) is 53.9 Å². The molecule has 3 aromatic rings. The van der Waals surface area contributed by atoms with E-state index in [-0.39, 0.29) is 5.82 Å². The summed E-state index contributed by atoms with van der Waals surface area (Å²) in [6, 6.07) is 9.36. The van der Waals surface area contributed by atoms with Crippen molar-refractivity contribution < 1.29 is 4.39 Å². The van der Waals surface area contributed by atoms with Gasteiger partial charge in [0.1, 0.15) is 11.3 Å². The molecule has 6 heteroatoms. The number of fused-ring (bicyclic) bond motifs is 1. The van der Waals surface area contributed by atoms with Gasteiger partial charge in [-0.15, -0.1) is 0 Å². The Kier molecular flexibility index (Phi) is 4.55. The zero-order chi connectivity index (χ0) is 18.9. The monoisotopic (exact) mass is 377 g/mol. The second kappa shape index (κ2) is 7.34. The summed E-state index contributed by atoms with van der Waals surface area (Å²) in [4.78, 5) is 16.3. The molecular formula is C22H24FN5. The average Bonchev–Trinajstić information content (AvgIpc) is 3.54. The molecule has 3 heterocycles. The molecule has 2 fully saturated rings. The molecule has 1 saturated carbocycles. The number of hydrogen-bond donors (Lipinski definition) is 1. The summed E-state index contributed by atoms with van der Waals surface area (Å²) >= 11 is 0. The van der Waals surface area contributed by atoms with Crippen LogP contribution in [0.1, 0.15) is 31.2 Å². The molecule has 1 aromatic carbocycles. The van der Waals surface area contributed by atoms with E-state index < -0.39 is 0 Å². The molecule has 0 atom stereocenters. The highest BCUT2D eigenvalue weighted by Gasteiger charge is 2.27. The Bertz CT molecular complexity index is 962. The maximum atomic E-state index is 13.1. The number of halogens is 1. The quantitative estimate of drug-likeness (QED) is 0.722. The zero-order valence-electron chi connectivity index (χ0n) is 15.8. The van der Waals surface area contributed by atoms with E-state index in [0.717, 1.165) is 55.0 Å². The van der Waals surface area contributed by atoms with Gasteiger partial charge in [-0.1, -0.05) is 12.1 Å². The lowest BCUT2D eigenvalue weighted by atomic mass is 9.90. The highest BCUT2D eigenvalue weighted by Crippen LogP contribution is 2.33. The van der Waals surface area contributed by atoms with Crippen LogP contribution in [0.4, 0.5) is 16.0 Å². The number of piperidine rings is 1. The number of pyridine rings is 1. The fraction of sp³-hybridized carbons (Fsp3) is 0.409. The first-order valence-corrected chi connectivity index (χ1v) is 10.1. The molecule has 1 aliphatic carbocycles. The van der Waals surface area contributed by atoms with E-state index in [1.54, 1.807) is 24.5 Å². The molecule has 0 bridgehead atoms. The SMILES string of the molecule is Fc1ccc(CC2CCN(c3nc4cnccc4nc3NC3CC3)CC2)cc1.